The Bertz CT molecular complexity index is 305. The second-order valence-electron chi connectivity index (χ2n) is 2.17. The van der Waals surface area contributed by atoms with E-state index in [9.17, 15) is 0 Å². The van der Waals surface area contributed by atoms with Crippen molar-refractivity contribution in [3.63, 3.8) is 0 Å². The molecule has 10 heavy (non-hydrogen) atoms. The van der Waals surface area contributed by atoms with Crippen LogP contribution in [0.1, 0.15) is 11.8 Å². The number of rotatable bonds is 1. The highest BCUT2D eigenvalue weighted by Gasteiger charge is 1.97. The van der Waals surface area contributed by atoms with Crippen molar-refractivity contribution in [3.05, 3.63) is 23.5 Å². The van der Waals surface area contributed by atoms with Gasteiger partial charge in [-0.2, -0.15) is 0 Å². The van der Waals surface area contributed by atoms with Gasteiger partial charge in [0.25, 0.3) is 0 Å². The van der Waals surface area contributed by atoms with Gasteiger partial charge in [-0.3, -0.25) is 4.40 Å². The van der Waals surface area contributed by atoms with Gasteiger partial charge >= 0.3 is 0 Å². The van der Waals surface area contributed by atoms with Crippen LogP contribution in [0.5, 0.6) is 0 Å². The molecule has 0 unspecified atom stereocenters. The summed E-state index contributed by atoms with van der Waals surface area (Å²) in [6.45, 7) is 2.16. The average molecular weight is 152 g/mol. The summed E-state index contributed by atoms with van der Waals surface area (Å²) in [5.74, 6) is 0. The second kappa shape index (κ2) is 2.09. The maximum absolute atomic E-state index is 4.17. The largest absolute Gasteiger partial charge is 0.297 e. The molecular weight excluding hydrogens is 144 g/mol. The summed E-state index contributed by atoms with van der Waals surface area (Å²) >= 11 is 1.76. The van der Waals surface area contributed by atoms with Gasteiger partial charge in [0.1, 0.15) is 0 Å². The first kappa shape index (κ1) is 5.92. The van der Waals surface area contributed by atoms with Gasteiger partial charge in [0.2, 0.25) is 0 Å². The zero-order valence-electron chi connectivity index (χ0n) is 5.74. The highest BCUT2D eigenvalue weighted by molar-refractivity contribution is 7.17. The van der Waals surface area contributed by atoms with Crippen molar-refractivity contribution in [2.24, 2.45) is 0 Å². The molecule has 0 fully saturated rings. The van der Waals surface area contributed by atoms with E-state index in [4.69, 9.17) is 0 Å². The summed E-state index contributed by atoms with van der Waals surface area (Å²) in [5, 5.41) is 0. The van der Waals surface area contributed by atoms with E-state index in [-0.39, 0.29) is 0 Å². The van der Waals surface area contributed by atoms with Crippen LogP contribution in [0.4, 0.5) is 0 Å². The Morgan fingerprint density at radius 2 is 2.60 bits per heavy atom. The topological polar surface area (TPSA) is 17.3 Å². The van der Waals surface area contributed by atoms with Crippen molar-refractivity contribution in [3.8, 4) is 0 Å². The number of fused-ring (bicyclic) bond motifs is 1. The number of imidazole rings is 1. The highest BCUT2D eigenvalue weighted by Crippen LogP contribution is 2.15. The van der Waals surface area contributed by atoms with Crippen LogP contribution >= 0.6 is 11.3 Å². The Labute approximate surface area is 63.1 Å². The molecule has 0 radical (unpaired) electrons. The summed E-state index contributed by atoms with van der Waals surface area (Å²) < 4.78 is 2.06. The van der Waals surface area contributed by atoms with Gasteiger partial charge in [-0.25, -0.2) is 4.98 Å². The minimum absolute atomic E-state index is 1.09. The summed E-state index contributed by atoms with van der Waals surface area (Å²) in [6, 6.07) is 0. The number of hydrogen-bond acceptors (Lipinski definition) is 2. The van der Waals surface area contributed by atoms with Gasteiger partial charge < -0.3 is 0 Å². The molecular formula is C7H8N2S. The zero-order chi connectivity index (χ0) is 6.97. The van der Waals surface area contributed by atoms with Crippen LogP contribution in [0.2, 0.25) is 0 Å². The van der Waals surface area contributed by atoms with E-state index in [0.717, 1.165) is 11.4 Å². The number of aromatic nitrogens is 2. The monoisotopic (exact) mass is 152 g/mol. The fourth-order valence-corrected chi connectivity index (χ4v) is 1.82. The SMILES string of the molecule is CCc1cn2ccnc2s1. The Balaban J connectivity index is 2.67. The average Bonchev–Trinajstić information content (AvgIpc) is 2.42. The van der Waals surface area contributed by atoms with Gasteiger partial charge in [-0.15, -0.1) is 11.3 Å². The fourth-order valence-electron chi connectivity index (χ4n) is 0.939. The summed E-state index contributed by atoms with van der Waals surface area (Å²) in [7, 11) is 0. The molecule has 3 heteroatoms. The van der Waals surface area contributed by atoms with Crippen LogP contribution in [-0.2, 0) is 6.42 Å². The lowest BCUT2D eigenvalue weighted by Gasteiger charge is -1.79. The smallest absolute Gasteiger partial charge is 0.193 e. The van der Waals surface area contributed by atoms with Gasteiger partial charge in [0.15, 0.2) is 4.96 Å². The third kappa shape index (κ3) is 0.743. The van der Waals surface area contributed by atoms with Gasteiger partial charge in [0, 0.05) is 23.5 Å². The molecule has 2 aromatic heterocycles. The quantitative estimate of drug-likeness (QED) is 0.610. The zero-order valence-corrected chi connectivity index (χ0v) is 6.56. The number of thiazole rings is 1. The van der Waals surface area contributed by atoms with Crippen LogP contribution in [0, 0.1) is 0 Å². The van der Waals surface area contributed by atoms with Crippen molar-refractivity contribution in [1.29, 1.82) is 0 Å². The molecule has 0 aromatic carbocycles. The molecule has 0 bridgehead atoms. The Morgan fingerprint density at radius 3 is 3.30 bits per heavy atom. The molecule has 0 aliphatic rings. The third-order valence-corrected chi connectivity index (χ3v) is 2.64. The first-order chi connectivity index (χ1) is 4.90. The Kier molecular flexibility index (Phi) is 1.24. The van der Waals surface area contributed by atoms with Crippen molar-refractivity contribution in [2.75, 3.05) is 0 Å². The molecule has 0 amide bonds. The van der Waals surface area contributed by atoms with Crippen molar-refractivity contribution >= 4 is 16.3 Å². The normalized spacial score (nSPS) is 10.9. The first-order valence-electron chi connectivity index (χ1n) is 3.31. The molecule has 0 saturated carbocycles. The van der Waals surface area contributed by atoms with E-state index in [1.54, 1.807) is 11.3 Å². The molecule has 0 spiro atoms. The maximum atomic E-state index is 4.17. The van der Waals surface area contributed by atoms with Crippen LogP contribution < -0.4 is 0 Å². The second-order valence-corrected chi connectivity index (χ2v) is 3.26. The molecule has 2 nitrogen and oxygen atoms in total. The van der Waals surface area contributed by atoms with Crippen LogP contribution in [-0.4, -0.2) is 9.38 Å². The molecule has 2 heterocycles. The molecule has 2 rings (SSSR count). The van der Waals surface area contributed by atoms with Crippen molar-refractivity contribution in [2.45, 2.75) is 13.3 Å². The molecule has 52 valence electrons. The van der Waals surface area contributed by atoms with Gasteiger partial charge in [-0.1, -0.05) is 6.92 Å². The summed E-state index contributed by atoms with van der Waals surface area (Å²) in [4.78, 5) is 6.65. The predicted octanol–water partition coefficient (Wildman–Crippen LogP) is 1.96. The van der Waals surface area contributed by atoms with Gasteiger partial charge in [0.05, 0.1) is 0 Å². The Hall–Kier alpha value is -0.830. The summed E-state index contributed by atoms with van der Waals surface area (Å²) in [5.41, 5.74) is 0. The molecule has 0 N–H and O–H groups in total. The van der Waals surface area contributed by atoms with E-state index >= 15 is 0 Å². The molecule has 0 atom stereocenters. The van der Waals surface area contributed by atoms with E-state index in [0.29, 0.717) is 0 Å². The minimum Gasteiger partial charge on any atom is -0.297 e. The van der Waals surface area contributed by atoms with Crippen LogP contribution in [0.3, 0.4) is 0 Å². The van der Waals surface area contributed by atoms with Crippen molar-refractivity contribution < 1.29 is 0 Å². The minimum atomic E-state index is 1.09. The highest BCUT2D eigenvalue weighted by atomic mass is 32.1. The number of hydrogen-bond donors (Lipinski definition) is 0. The molecule has 0 saturated heterocycles. The molecule has 0 aliphatic heterocycles. The first-order valence-corrected chi connectivity index (χ1v) is 4.13. The van der Waals surface area contributed by atoms with Crippen molar-refractivity contribution in [1.82, 2.24) is 9.38 Å². The number of aryl methyl sites for hydroxylation is 1. The van der Waals surface area contributed by atoms with Crippen LogP contribution in [0.15, 0.2) is 18.6 Å². The maximum Gasteiger partial charge on any atom is 0.193 e. The van der Waals surface area contributed by atoms with Gasteiger partial charge in [-0.05, 0) is 6.42 Å². The molecule has 2 aromatic rings. The summed E-state index contributed by atoms with van der Waals surface area (Å²) in [6.07, 6.45) is 7.04. The van der Waals surface area contributed by atoms with E-state index in [2.05, 4.69) is 22.5 Å². The Morgan fingerprint density at radius 1 is 1.70 bits per heavy atom. The molecule has 0 aliphatic carbocycles. The fraction of sp³-hybridized carbons (Fsp3) is 0.286. The predicted molar refractivity (Wildman–Crippen MR) is 42.4 cm³/mol. The lowest BCUT2D eigenvalue weighted by molar-refractivity contribution is 1.13. The van der Waals surface area contributed by atoms with E-state index in [1.807, 2.05) is 12.4 Å². The standard InChI is InChI=1S/C7H8N2S/c1-2-6-5-9-4-3-8-7(9)10-6/h3-5H,2H2,1H3. The third-order valence-electron chi connectivity index (χ3n) is 1.49. The van der Waals surface area contributed by atoms with Crippen LogP contribution in [0.25, 0.3) is 4.96 Å². The number of nitrogens with zero attached hydrogens (tertiary/aromatic N) is 2. The lowest BCUT2D eigenvalue weighted by atomic mass is 10.4. The van der Waals surface area contributed by atoms with E-state index in [1.165, 1.54) is 4.88 Å². The van der Waals surface area contributed by atoms with E-state index < -0.39 is 0 Å². The lowest BCUT2D eigenvalue weighted by Crippen LogP contribution is -1.71.